The second kappa shape index (κ2) is 7.42. The number of carbonyl (C=O) groups is 1. The lowest BCUT2D eigenvalue weighted by Gasteiger charge is -2.14. The van der Waals surface area contributed by atoms with Gasteiger partial charge in [0, 0.05) is 23.1 Å². The number of rotatable bonds is 4. The number of benzene rings is 3. The Kier molecular flexibility index (Phi) is 4.58. The van der Waals surface area contributed by atoms with Crippen molar-refractivity contribution < 1.29 is 4.79 Å². The molecule has 5 rings (SSSR count). The molecule has 31 heavy (non-hydrogen) atoms. The van der Waals surface area contributed by atoms with E-state index in [-0.39, 0.29) is 12.5 Å². The van der Waals surface area contributed by atoms with E-state index in [0.717, 1.165) is 33.3 Å². The van der Waals surface area contributed by atoms with Crippen LogP contribution in [-0.2, 0) is 6.54 Å². The predicted molar refractivity (Wildman–Crippen MR) is 121 cm³/mol. The zero-order valence-electron chi connectivity index (χ0n) is 16.5. The number of carbonyl (C=O) groups excluding carboxylic acids is 1. The smallest absolute Gasteiger partial charge is 0.254 e. The topological polar surface area (TPSA) is 61.9 Å². The fourth-order valence-corrected chi connectivity index (χ4v) is 4.27. The third kappa shape index (κ3) is 3.18. The minimum atomic E-state index is -0.0737. The van der Waals surface area contributed by atoms with Gasteiger partial charge < -0.3 is 4.90 Å². The molecule has 0 spiro atoms. The van der Waals surface area contributed by atoms with Gasteiger partial charge in [0.05, 0.1) is 35.0 Å². The first kappa shape index (κ1) is 19.1. The summed E-state index contributed by atoms with van der Waals surface area (Å²) < 4.78 is 1.83. The van der Waals surface area contributed by atoms with Crippen LogP contribution < -0.4 is 0 Å². The molecular weight excluding hydrogens is 408 g/mol. The molecular formula is C25H17ClN4O. The maximum Gasteiger partial charge on any atom is 0.254 e. The highest BCUT2D eigenvalue weighted by Crippen LogP contribution is 2.35. The maximum atomic E-state index is 12.8. The van der Waals surface area contributed by atoms with Crippen molar-refractivity contribution in [2.45, 2.75) is 6.54 Å². The van der Waals surface area contributed by atoms with E-state index in [9.17, 15) is 4.79 Å². The SMILES string of the molecule is C=C(C#N)CN1Cc2c(cccc2-c2ccc3cnn(-c4ccccc4Cl)c3c2)C1=O. The van der Waals surface area contributed by atoms with Crippen LogP contribution in [0.5, 0.6) is 0 Å². The normalized spacial score (nSPS) is 12.8. The fourth-order valence-electron chi connectivity index (χ4n) is 4.06. The van der Waals surface area contributed by atoms with E-state index in [1.54, 1.807) is 4.90 Å². The number of nitrogens with zero attached hydrogens (tertiary/aromatic N) is 4. The number of fused-ring (bicyclic) bond motifs is 2. The van der Waals surface area contributed by atoms with Crippen LogP contribution in [0.15, 0.2) is 79.0 Å². The van der Waals surface area contributed by atoms with Crippen molar-refractivity contribution in [3.63, 3.8) is 0 Å². The molecule has 0 unspecified atom stereocenters. The number of nitriles is 1. The third-order valence-electron chi connectivity index (χ3n) is 5.55. The Morgan fingerprint density at radius 3 is 2.74 bits per heavy atom. The van der Waals surface area contributed by atoms with Crippen molar-refractivity contribution in [2.75, 3.05) is 6.54 Å². The molecule has 1 aromatic heterocycles. The molecule has 6 heteroatoms. The van der Waals surface area contributed by atoms with Crippen LogP contribution >= 0.6 is 11.6 Å². The quantitative estimate of drug-likeness (QED) is 0.413. The number of para-hydroxylation sites is 1. The first-order chi connectivity index (χ1) is 15.1. The highest BCUT2D eigenvalue weighted by Gasteiger charge is 2.29. The molecule has 0 radical (unpaired) electrons. The van der Waals surface area contributed by atoms with Crippen LogP contribution in [0.1, 0.15) is 15.9 Å². The first-order valence-electron chi connectivity index (χ1n) is 9.79. The number of amides is 1. The van der Waals surface area contributed by atoms with Gasteiger partial charge in [-0.25, -0.2) is 4.68 Å². The summed E-state index contributed by atoms with van der Waals surface area (Å²) in [5, 5.41) is 15.2. The summed E-state index contributed by atoms with van der Waals surface area (Å²) >= 11 is 6.40. The molecule has 1 aliphatic heterocycles. The highest BCUT2D eigenvalue weighted by molar-refractivity contribution is 6.32. The molecule has 0 atom stereocenters. The van der Waals surface area contributed by atoms with E-state index >= 15 is 0 Å². The monoisotopic (exact) mass is 424 g/mol. The number of halogens is 1. The van der Waals surface area contributed by atoms with E-state index in [0.29, 0.717) is 22.7 Å². The summed E-state index contributed by atoms with van der Waals surface area (Å²) in [5.41, 5.74) is 5.72. The van der Waals surface area contributed by atoms with Gasteiger partial charge in [0.1, 0.15) is 0 Å². The minimum absolute atomic E-state index is 0.0737. The predicted octanol–water partition coefficient (Wildman–Crippen LogP) is 5.38. The van der Waals surface area contributed by atoms with Gasteiger partial charge in [0.25, 0.3) is 5.91 Å². The average Bonchev–Trinajstić information content (AvgIpc) is 3.35. The second-order valence-electron chi connectivity index (χ2n) is 7.49. The fraction of sp³-hybridized carbons (Fsp3) is 0.0800. The lowest BCUT2D eigenvalue weighted by atomic mass is 9.96. The average molecular weight is 425 g/mol. The van der Waals surface area contributed by atoms with Gasteiger partial charge in [-0.2, -0.15) is 10.4 Å². The van der Waals surface area contributed by atoms with Gasteiger partial charge in [-0.15, -0.1) is 0 Å². The lowest BCUT2D eigenvalue weighted by molar-refractivity contribution is 0.0794. The molecule has 5 nitrogen and oxygen atoms in total. The van der Waals surface area contributed by atoms with Gasteiger partial charge in [-0.3, -0.25) is 4.79 Å². The van der Waals surface area contributed by atoms with Gasteiger partial charge in [0.15, 0.2) is 0 Å². The molecule has 0 bridgehead atoms. The van der Waals surface area contributed by atoms with Gasteiger partial charge in [-0.05, 0) is 41.0 Å². The number of hydrogen-bond acceptors (Lipinski definition) is 3. The molecule has 2 heterocycles. The largest absolute Gasteiger partial charge is 0.329 e. The first-order valence-corrected chi connectivity index (χ1v) is 10.2. The molecule has 0 fully saturated rings. The van der Waals surface area contributed by atoms with Crippen LogP contribution in [0.2, 0.25) is 5.02 Å². The van der Waals surface area contributed by atoms with Crippen molar-refractivity contribution in [3.8, 4) is 22.9 Å². The Morgan fingerprint density at radius 1 is 1.13 bits per heavy atom. The molecule has 0 N–H and O–H groups in total. The molecule has 150 valence electrons. The Balaban J connectivity index is 1.60. The van der Waals surface area contributed by atoms with Gasteiger partial charge in [0.2, 0.25) is 0 Å². The molecule has 0 saturated heterocycles. The Hall–Kier alpha value is -3.88. The maximum absolute atomic E-state index is 12.8. The standard InChI is InChI=1S/C25H17ClN4O/c1-16(12-27)14-29-15-21-19(5-4-6-20(21)25(29)31)17-9-10-18-13-28-30(24(18)11-17)23-8-3-2-7-22(23)26/h2-11,13H,1,14-15H2. The van der Waals surface area contributed by atoms with Crippen LogP contribution in [0.3, 0.4) is 0 Å². The summed E-state index contributed by atoms with van der Waals surface area (Å²) in [6.45, 7) is 4.40. The molecule has 1 amide bonds. The second-order valence-corrected chi connectivity index (χ2v) is 7.90. The Morgan fingerprint density at radius 2 is 1.94 bits per heavy atom. The third-order valence-corrected chi connectivity index (χ3v) is 5.86. The zero-order valence-corrected chi connectivity index (χ0v) is 17.3. The van der Waals surface area contributed by atoms with Gasteiger partial charge in [-0.1, -0.05) is 54.6 Å². The molecule has 3 aromatic carbocycles. The minimum Gasteiger partial charge on any atom is -0.329 e. The molecule has 1 aliphatic rings. The highest BCUT2D eigenvalue weighted by atomic mass is 35.5. The summed E-state index contributed by atoms with van der Waals surface area (Å²) in [6.07, 6.45) is 1.82. The van der Waals surface area contributed by atoms with E-state index in [2.05, 4.69) is 17.7 Å². The summed E-state index contributed by atoms with van der Waals surface area (Å²) in [5.74, 6) is -0.0737. The van der Waals surface area contributed by atoms with E-state index in [4.69, 9.17) is 16.9 Å². The van der Waals surface area contributed by atoms with Gasteiger partial charge >= 0.3 is 0 Å². The van der Waals surface area contributed by atoms with Crippen molar-refractivity contribution >= 4 is 28.4 Å². The van der Waals surface area contributed by atoms with Crippen molar-refractivity contribution in [1.82, 2.24) is 14.7 Å². The summed E-state index contributed by atoms with van der Waals surface area (Å²) in [7, 11) is 0. The molecule has 4 aromatic rings. The summed E-state index contributed by atoms with van der Waals surface area (Å²) in [4.78, 5) is 14.5. The van der Waals surface area contributed by atoms with Crippen molar-refractivity contribution in [3.05, 3.63) is 95.2 Å². The summed E-state index contributed by atoms with van der Waals surface area (Å²) in [6, 6.07) is 21.5. The van der Waals surface area contributed by atoms with Crippen LogP contribution in [0.25, 0.3) is 27.7 Å². The zero-order chi connectivity index (χ0) is 21.5. The van der Waals surface area contributed by atoms with Crippen molar-refractivity contribution in [2.24, 2.45) is 0 Å². The van der Waals surface area contributed by atoms with Crippen molar-refractivity contribution in [1.29, 1.82) is 5.26 Å². The Bertz CT molecular complexity index is 1410. The van der Waals surface area contributed by atoms with E-state index in [1.807, 2.05) is 71.5 Å². The lowest BCUT2D eigenvalue weighted by Crippen LogP contribution is -2.25. The van der Waals surface area contributed by atoms with Crippen LogP contribution in [0.4, 0.5) is 0 Å². The molecule has 0 saturated carbocycles. The van der Waals surface area contributed by atoms with E-state index < -0.39 is 0 Å². The van der Waals surface area contributed by atoms with E-state index in [1.165, 1.54) is 0 Å². The number of hydrogen-bond donors (Lipinski definition) is 0. The van der Waals surface area contributed by atoms with Crippen LogP contribution in [0, 0.1) is 11.3 Å². The van der Waals surface area contributed by atoms with Crippen LogP contribution in [-0.4, -0.2) is 27.1 Å². The number of aromatic nitrogens is 2. The Labute approximate surface area is 184 Å². The molecule has 0 aliphatic carbocycles.